The lowest BCUT2D eigenvalue weighted by Crippen LogP contribution is -2.30. The summed E-state index contributed by atoms with van der Waals surface area (Å²) in [7, 11) is 1.89. The van der Waals surface area contributed by atoms with Gasteiger partial charge in [-0.25, -0.2) is 4.98 Å². The normalized spacial score (nSPS) is 17.2. The molecule has 3 aromatic rings. The Labute approximate surface area is 208 Å². The van der Waals surface area contributed by atoms with Crippen molar-refractivity contribution < 1.29 is 19.1 Å². The number of fused-ring (bicyclic) bond motifs is 1. The van der Waals surface area contributed by atoms with Crippen molar-refractivity contribution in [2.24, 2.45) is 7.05 Å². The monoisotopic (exact) mass is 492 g/mol. The average Bonchev–Trinajstić information content (AvgIpc) is 3.45. The second-order valence-electron chi connectivity index (χ2n) is 8.65. The Morgan fingerprint density at radius 2 is 1.89 bits per heavy atom. The highest BCUT2D eigenvalue weighted by molar-refractivity contribution is 7.99. The first kappa shape index (κ1) is 23.3. The van der Waals surface area contributed by atoms with E-state index in [1.807, 2.05) is 40.9 Å². The maximum Gasteiger partial charge on any atom is 0.254 e. The molecular formula is C26H28N4O4S. The molecular weight excluding hydrogens is 464 g/mol. The van der Waals surface area contributed by atoms with Gasteiger partial charge in [0.15, 0.2) is 16.7 Å². The standard InChI is InChI=1S/C26H28N4O4S/c1-29-13-11-27-26(29)35-17-24(31)28-20-8-5-18(6-9-20)25(32)30-12-2-4-21(30)19-7-10-22-23(16-19)34-15-3-14-33-22/h5-11,13,16,21H,2-4,12,14-15,17H2,1H3,(H,28,31)/t21-/m0/s1. The molecule has 182 valence electrons. The first-order valence-corrected chi connectivity index (χ1v) is 12.8. The van der Waals surface area contributed by atoms with Crippen LogP contribution in [0.4, 0.5) is 5.69 Å². The summed E-state index contributed by atoms with van der Waals surface area (Å²) in [5, 5.41) is 3.67. The summed E-state index contributed by atoms with van der Waals surface area (Å²) in [5.74, 6) is 1.64. The van der Waals surface area contributed by atoms with E-state index < -0.39 is 0 Å². The van der Waals surface area contributed by atoms with Crippen molar-refractivity contribution in [3.63, 3.8) is 0 Å². The van der Waals surface area contributed by atoms with Gasteiger partial charge < -0.3 is 24.3 Å². The van der Waals surface area contributed by atoms with Crippen LogP contribution >= 0.6 is 11.8 Å². The molecule has 0 saturated carbocycles. The van der Waals surface area contributed by atoms with Gasteiger partial charge in [-0.05, 0) is 54.8 Å². The molecule has 1 saturated heterocycles. The molecule has 0 spiro atoms. The predicted octanol–water partition coefficient (Wildman–Crippen LogP) is 4.29. The summed E-state index contributed by atoms with van der Waals surface area (Å²) in [6, 6.07) is 13.1. The number of rotatable bonds is 6. The van der Waals surface area contributed by atoms with Crippen LogP contribution in [-0.2, 0) is 11.8 Å². The number of nitrogens with one attached hydrogen (secondary N) is 1. The first-order chi connectivity index (χ1) is 17.1. The molecule has 2 aromatic carbocycles. The van der Waals surface area contributed by atoms with Crippen LogP contribution in [0.1, 0.15) is 41.2 Å². The lowest BCUT2D eigenvalue weighted by Gasteiger charge is -2.26. The van der Waals surface area contributed by atoms with Crippen molar-refractivity contribution in [2.45, 2.75) is 30.5 Å². The van der Waals surface area contributed by atoms with Gasteiger partial charge in [-0.2, -0.15) is 0 Å². The minimum Gasteiger partial charge on any atom is -0.490 e. The van der Waals surface area contributed by atoms with Crippen molar-refractivity contribution in [3.05, 3.63) is 66.0 Å². The van der Waals surface area contributed by atoms with Crippen LogP contribution < -0.4 is 14.8 Å². The Kier molecular flexibility index (Phi) is 6.94. The second-order valence-corrected chi connectivity index (χ2v) is 9.59. The van der Waals surface area contributed by atoms with Crippen LogP contribution in [0.2, 0.25) is 0 Å². The molecule has 0 aliphatic carbocycles. The number of hydrogen-bond donors (Lipinski definition) is 1. The number of benzene rings is 2. The third-order valence-corrected chi connectivity index (χ3v) is 7.25. The van der Waals surface area contributed by atoms with Crippen LogP contribution in [0.15, 0.2) is 60.0 Å². The van der Waals surface area contributed by atoms with Gasteiger partial charge in [0, 0.05) is 43.7 Å². The number of ether oxygens (including phenoxy) is 2. The highest BCUT2D eigenvalue weighted by Gasteiger charge is 2.31. The molecule has 35 heavy (non-hydrogen) atoms. The van der Waals surface area contributed by atoms with Crippen LogP contribution in [-0.4, -0.2) is 51.8 Å². The Hall–Kier alpha value is -3.46. The average molecular weight is 493 g/mol. The maximum absolute atomic E-state index is 13.3. The van der Waals surface area contributed by atoms with E-state index in [9.17, 15) is 9.59 Å². The molecule has 0 unspecified atom stereocenters. The predicted molar refractivity (Wildman–Crippen MR) is 134 cm³/mol. The molecule has 5 rings (SSSR count). The van der Waals surface area contributed by atoms with Crippen LogP contribution in [0, 0.1) is 0 Å². The van der Waals surface area contributed by atoms with Gasteiger partial charge in [0.1, 0.15) is 0 Å². The second kappa shape index (κ2) is 10.4. The number of likely N-dealkylation sites (tertiary alicyclic amines) is 1. The number of aryl methyl sites for hydroxylation is 1. The van der Waals surface area contributed by atoms with Gasteiger partial charge in [0.05, 0.1) is 25.0 Å². The molecule has 8 nitrogen and oxygen atoms in total. The zero-order chi connectivity index (χ0) is 24.2. The highest BCUT2D eigenvalue weighted by Crippen LogP contribution is 2.38. The molecule has 1 N–H and O–H groups in total. The molecule has 3 heterocycles. The van der Waals surface area contributed by atoms with E-state index in [-0.39, 0.29) is 23.6 Å². The molecule has 1 fully saturated rings. The third kappa shape index (κ3) is 5.30. The number of aromatic nitrogens is 2. The van der Waals surface area contributed by atoms with E-state index in [1.165, 1.54) is 11.8 Å². The fourth-order valence-electron chi connectivity index (χ4n) is 4.42. The van der Waals surface area contributed by atoms with Gasteiger partial charge >= 0.3 is 0 Å². The van der Waals surface area contributed by atoms with E-state index in [1.54, 1.807) is 30.5 Å². The summed E-state index contributed by atoms with van der Waals surface area (Å²) >= 11 is 1.38. The van der Waals surface area contributed by atoms with E-state index in [0.29, 0.717) is 31.0 Å². The molecule has 9 heteroatoms. The van der Waals surface area contributed by atoms with Gasteiger partial charge in [0.2, 0.25) is 5.91 Å². The lowest BCUT2D eigenvalue weighted by molar-refractivity contribution is -0.113. The fourth-order valence-corrected chi connectivity index (χ4v) is 5.16. The van der Waals surface area contributed by atoms with Crippen LogP contribution in [0.25, 0.3) is 0 Å². The summed E-state index contributed by atoms with van der Waals surface area (Å²) in [6.45, 7) is 2.00. The smallest absolute Gasteiger partial charge is 0.254 e. The van der Waals surface area contributed by atoms with Crippen molar-refractivity contribution in [2.75, 3.05) is 30.8 Å². The number of carbonyl (C=O) groups excluding carboxylic acids is 2. The summed E-state index contributed by atoms with van der Waals surface area (Å²) in [5.41, 5.74) is 2.33. The Balaban J connectivity index is 1.22. The molecule has 1 aromatic heterocycles. The van der Waals surface area contributed by atoms with Crippen molar-refractivity contribution >= 4 is 29.3 Å². The maximum atomic E-state index is 13.3. The van der Waals surface area contributed by atoms with Crippen molar-refractivity contribution in [3.8, 4) is 11.5 Å². The van der Waals surface area contributed by atoms with Crippen LogP contribution in [0.5, 0.6) is 11.5 Å². The minimum atomic E-state index is -0.119. The summed E-state index contributed by atoms with van der Waals surface area (Å²) in [4.78, 5) is 31.8. The lowest BCUT2D eigenvalue weighted by atomic mass is 10.0. The molecule has 1 atom stereocenters. The van der Waals surface area contributed by atoms with E-state index >= 15 is 0 Å². The van der Waals surface area contributed by atoms with Gasteiger partial charge in [-0.1, -0.05) is 17.8 Å². The Morgan fingerprint density at radius 3 is 2.66 bits per heavy atom. The van der Waals surface area contributed by atoms with Gasteiger partial charge in [0.25, 0.3) is 5.91 Å². The Bertz CT molecular complexity index is 1210. The first-order valence-electron chi connectivity index (χ1n) is 11.8. The van der Waals surface area contributed by atoms with Crippen molar-refractivity contribution in [1.82, 2.24) is 14.5 Å². The summed E-state index contributed by atoms with van der Waals surface area (Å²) < 4.78 is 13.5. The highest BCUT2D eigenvalue weighted by atomic mass is 32.2. The molecule has 2 amide bonds. The molecule has 2 aliphatic rings. The largest absolute Gasteiger partial charge is 0.490 e. The molecule has 0 radical (unpaired) electrons. The van der Waals surface area contributed by atoms with Gasteiger partial charge in [-0.3, -0.25) is 9.59 Å². The summed E-state index contributed by atoms with van der Waals surface area (Å²) in [6.07, 6.45) is 6.27. The number of carbonyl (C=O) groups is 2. The minimum absolute atomic E-state index is 0.00202. The van der Waals surface area contributed by atoms with Crippen molar-refractivity contribution in [1.29, 1.82) is 0 Å². The zero-order valence-corrected chi connectivity index (χ0v) is 20.4. The van der Waals surface area contributed by atoms with Crippen LogP contribution in [0.3, 0.4) is 0 Å². The number of nitrogens with zero attached hydrogens (tertiary/aromatic N) is 3. The number of thioether (sulfide) groups is 1. The van der Waals surface area contributed by atoms with E-state index in [2.05, 4.69) is 10.3 Å². The molecule has 2 aliphatic heterocycles. The quantitative estimate of drug-likeness (QED) is 0.517. The number of imidazole rings is 1. The SMILES string of the molecule is Cn1ccnc1SCC(=O)Nc1ccc(C(=O)N2CCC[C@H]2c2ccc3c(c2)OCCCO3)cc1. The fraction of sp³-hybridized carbons (Fsp3) is 0.346. The van der Waals surface area contributed by atoms with E-state index in [0.717, 1.165) is 41.5 Å². The van der Waals surface area contributed by atoms with Gasteiger partial charge in [-0.15, -0.1) is 0 Å². The number of amides is 2. The number of hydrogen-bond acceptors (Lipinski definition) is 6. The third-order valence-electron chi connectivity index (χ3n) is 6.19. The zero-order valence-electron chi connectivity index (χ0n) is 19.6. The Morgan fingerprint density at radius 1 is 1.09 bits per heavy atom. The number of anilines is 1. The van der Waals surface area contributed by atoms with E-state index in [4.69, 9.17) is 9.47 Å². The molecule has 0 bridgehead atoms. The topological polar surface area (TPSA) is 85.7 Å².